The summed E-state index contributed by atoms with van der Waals surface area (Å²) in [6.07, 6.45) is -4.52. The Bertz CT molecular complexity index is 545. The number of hydrogen-bond donors (Lipinski definition) is 0. The van der Waals surface area contributed by atoms with E-state index in [1.165, 1.54) is 0 Å². The number of carbonyl (C=O) groups excluding carboxylic acids is 1. The monoisotopic (exact) mass is 325 g/mol. The molecular formula is C13H12Cl2F3NO. The van der Waals surface area contributed by atoms with E-state index in [0.717, 1.165) is 16.0 Å². The van der Waals surface area contributed by atoms with Crippen LogP contribution < -0.4 is 0 Å². The molecule has 2 rings (SSSR count). The number of benzene rings is 1. The van der Waals surface area contributed by atoms with E-state index in [1.54, 1.807) is 19.1 Å². The molecule has 0 N–H and O–H groups in total. The summed E-state index contributed by atoms with van der Waals surface area (Å²) in [6, 6.07) is 3.37. The Morgan fingerprint density at radius 3 is 2.60 bits per heavy atom. The summed E-state index contributed by atoms with van der Waals surface area (Å²) in [6.45, 7) is 1.74. The Morgan fingerprint density at radius 2 is 2.00 bits per heavy atom. The largest absolute Gasteiger partial charge is 0.471 e. The van der Waals surface area contributed by atoms with E-state index in [9.17, 15) is 18.0 Å². The first kappa shape index (κ1) is 15.4. The van der Waals surface area contributed by atoms with Gasteiger partial charge in [0.25, 0.3) is 0 Å². The fourth-order valence-electron chi connectivity index (χ4n) is 2.49. The van der Waals surface area contributed by atoms with Gasteiger partial charge in [0, 0.05) is 19.0 Å². The summed E-state index contributed by atoms with van der Waals surface area (Å²) in [5, 5.41) is 0.728. The minimum Gasteiger partial charge on any atom is -0.334 e. The second-order valence-corrected chi connectivity index (χ2v) is 5.62. The van der Waals surface area contributed by atoms with E-state index in [2.05, 4.69) is 0 Å². The van der Waals surface area contributed by atoms with Gasteiger partial charge in [-0.1, -0.05) is 36.2 Å². The lowest BCUT2D eigenvalue weighted by atomic mass is 9.95. The van der Waals surface area contributed by atoms with Crippen LogP contribution in [0.1, 0.15) is 24.0 Å². The van der Waals surface area contributed by atoms with Gasteiger partial charge in [-0.2, -0.15) is 13.2 Å². The molecule has 0 fully saturated rings. The van der Waals surface area contributed by atoms with E-state index in [0.29, 0.717) is 16.5 Å². The highest BCUT2D eigenvalue weighted by Gasteiger charge is 2.43. The van der Waals surface area contributed by atoms with Crippen LogP contribution in [-0.4, -0.2) is 30.1 Å². The van der Waals surface area contributed by atoms with E-state index in [-0.39, 0.29) is 19.0 Å². The SMILES string of the molecule is CC1CN(C(=O)C(F)(F)F)CCc2ccc(Cl)c(Cl)c21. The third-order valence-electron chi connectivity index (χ3n) is 3.39. The molecule has 1 aliphatic heterocycles. The zero-order valence-corrected chi connectivity index (χ0v) is 12.1. The van der Waals surface area contributed by atoms with Crippen molar-refractivity contribution < 1.29 is 18.0 Å². The molecular weight excluding hydrogens is 314 g/mol. The lowest BCUT2D eigenvalue weighted by molar-refractivity contribution is -0.185. The first-order valence-electron chi connectivity index (χ1n) is 6.04. The Balaban J connectivity index is 2.33. The number of nitrogens with zero attached hydrogens (tertiary/aromatic N) is 1. The number of carbonyl (C=O) groups is 1. The Hall–Kier alpha value is -0.940. The molecule has 1 aromatic rings. The van der Waals surface area contributed by atoms with Crippen molar-refractivity contribution in [2.45, 2.75) is 25.4 Å². The van der Waals surface area contributed by atoms with Crippen LogP contribution in [0.2, 0.25) is 10.0 Å². The molecule has 1 heterocycles. The molecule has 2 nitrogen and oxygen atoms in total. The van der Waals surface area contributed by atoms with Crippen molar-refractivity contribution in [1.82, 2.24) is 4.90 Å². The second-order valence-electron chi connectivity index (χ2n) is 4.83. The van der Waals surface area contributed by atoms with E-state index >= 15 is 0 Å². The summed E-state index contributed by atoms with van der Waals surface area (Å²) in [5.41, 5.74) is 1.57. The Morgan fingerprint density at radius 1 is 1.35 bits per heavy atom. The van der Waals surface area contributed by atoms with Crippen LogP contribution in [0.4, 0.5) is 13.2 Å². The first-order valence-corrected chi connectivity index (χ1v) is 6.80. The van der Waals surface area contributed by atoms with Gasteiger partial charge in [-0.3, -0.25) is 4.79 Å². The van der Waals surface area contributed by atoms with Crippen LogP contribution in [0.25, 0.3) is 0 Å². The van der Waals surface area contributed by atoms with Crippen LogP contribution in [0.5, 0.6) is 0 Å². The maximum atomic E-state index is 12.5. The molecule has 0 saturated carbocycles. The highest BCUT2D eigenvalue weighted by molar-refractivity contribution is 6.42. The predicted octanol–water partition coefficient (Wildman–Crippen LogP) is 4.04. The molecule has 0 bridgehead atoms. The number of amides is 1. The molecule has 0 aromatic heterocycles. The molecule has 1 atom stereocenters. The number of hydrogen-bond acceptors (Lipinski definition) is 1. The topological polar surface area (TPSA) is 20.3 Å². The van der Waals surface area contributed by atoms with Crippen molar-refractivity contribution in [3.63, 3.8) is 0 Å². The lowest BCUT2D eigenvalue weighted by Gasteiger charge is -2.24. The highest BCUT2D eigenvalue weighted by Crippen LogP contribution is 2.36. The summed E-state index contributed by atoms with van der Waals surface area (Å²) < 4.78 is 37.6. The van der Waals surface area contributed by atoms with Gasteiger partial charge in [0.1, 0.15) is 0 Å². The third kappa shape index (κ3) is 2.88. The molecule has 0 spiro atoms. The zero-order chi connectivity index (χ0) is 15.1. The molecule has 0 saturated heterocycles. The van der Waals surface area contributed by atoms with Crippen LogP contribution in [0, 0.1) is 0 Å². The maximum absolute atomic E-state index is 12.5. The first-order chi connectivity index (χ1) is 9.21. The number of fused-ring (bicyclic) bond motifs is 1. The van der Waals surface area contributed by atoms with Crippen molar-refractivity contribution in [1.29, 1.82) is 0 Å². The number of alkyl halides is 3. The van der Waals surface area contributed by atoms with Gasteiger partial charge in [0.15, 0.2) is 0 Å². The Labute approximate surface area is 124 Å². The molecule has 1 unspecified atom stereocenters. The average molecular weight is 326 g/mol. The maximum Gasteiger partial charge on any atom is 0.471 e. The molecule has 1 amide bonds. The fraction of sp³-hybridized carbons (Fsp3) is 0.462. The van der Waals surface area contributed by atoms with Crippen molar-refractivity contribution >= 4 is 29.1 Å². The average Bonchev–Trinajstić information content (AvgIpc) is 2.51. The van der Waals surface area contributed by atoms with Crippen molar-refractivity contribution in [3.8, 4) is 0 Å². The van der Waals surface area contributed by atoms with E-state index in [4.69, 9.17) is 23.2 Å². The Kier molecular flexibility index (Phi) is 4.21. The van der Waals surface area contributed by atoms with Gasteiger partial charge in [-0.05, 0) is 23.6 Å². The predicted molar refractivity (Wildman–Crippen MR) is 71.2 cm³/mol. The molecule has 0 radical (unpaired) electrons. The summed E-state index contributed by atoms with van der Waals surface area (Å²) in [5.74, 6) is -2.11. The minimum absolute atomic E-state index is 0.0215. The van der Waals surface area contributed by atoms with Crippen molar-refractivity contribution in [2.24, 2.45) is 0 Å². The van der Waals surface area contributed by atoms with Gasteiger partial charge in [-0.15, -0.1) is 0 Å². The van der Waals surface area contributed by atoms with Crippen molar-refractivity contribution in [2.75, 3.05) is 13.1 Å². The molecule has 1 aliphatic rings. The molecule has 110 valence electrons. The fourth-order valence-corrected chi connectivity index (χ4v) is 3.02. The molecule has 1 aromatic carbocycles. The van der Waals surface area contributed by atoms with Crippen LogP contribution in [0.15, 0.2) is 12.1 Å². The molecule has 7 heteroatoms. The number of halogens is 5. The molecule has 20 heavy (non-hydrogen) atoms. The van der Waals surface area contributed by atoms with Gasteiger partial charge < -0.3 is 4.90 Å². The summed E-state index contributed by atoms with van der Waals surface area (Å²) in [4.78, 5) is 12.2. The van der Waals surface area contributed by atoms with Gasteiger partial charge in [0.05, 0.1) is 10.0 Å². The van der Waals surface area contributed by atoms with Crippen LogP contribution in [0.3, 0.4) is 0 Å². The summed E-state index contributed by atoms with van der Waals surface area (Å²) in [7, 11) is 0. The normalized spacial score (nSPS) is 19.5. The third-order valence-corrected chi connectivity index (χ3v) is 4.21. The van der Waals surface area contributed by atoms with Gasteiger partial charge in [0.2, 0.25) is 0 Å². The van der Waals surface area contributed by atoms with Gasteiger partial charge in [-0.25, -0.2) is 0 Å². The standard InChI is InChI=1S/C13H12Cl2F3NO/c1-7-6-19(12(20)13(16,17)18)5-4-8-2-3-9(14)11(15)10(7)8/h2-3,7H,4-6H2,1H3. The summed E-state index contributed by atoms with van der Waals surface area (Å²) >= 11 is 12.1. The highest BCUT2D eigenvalue weighted by atomic mass is 35.5. The zero-order valence-electron chi connectivity index (χ0n) is 10.6. The van der Waals surface area contributed by atoms with E-state index in [1.807, 2.05) is 0 Å². The number of rotatable bonds is 0. The van der Waals surface area contributed by atoms with Crippen molar-refractivity contribution in [3.05, 3.63) is 33.3 Å². The molecule has 0 aliphatic carbocycles. The second kappa shape index (κ2) is 5.45. The minimum atomic E-state index is -4.85. The van der Waals surface area contributed by atoms with E-state index < -0.39 is 12.1 Å². The quantitative estimate of drug-likeness (QED) is 0.704. The van der Waals surface area contributed by atoms with Gasteiger partial charge >= 0.3 is 12.1 Å². The van der Waals surface area contributed by atoms with Crippen LogP contribution >= 0.6 is 23.2 Å². The lowest BCUT2D eigenvalue weighted by Crippen LogP contribution is -2.42. The van der Waals surface area contributed by atoms with Crippen LogP contribution in [-0.2, 0) is 11.2 Å². The smallest absolute Gasteiger partial charge is 0.334 e.